The Kier molecular flexibility index (Phi) is 2.26. The zero-order valence-electron chi connectivity index (χ0n) is 8.21. The van der Waals surface area contributed by atoms with E-state index in [-0.39, 0.29) is 5.82 Å². The largest absolute Gasteiger partial charge is 0.369 e. The molecule has 74 valence electrons. The fourth-order valence-corrected chi connectivity index (χ4v) is 1.49. The number of halogens is 1. The first-order valence-corrected chi connectivity index (χ1v) is 4.54. The molecular formula is C12H9FN2. The summed E-state index contributed by atoms with van der Waals surface area (Å²) in [4.78, 5) is 6.34. The number of aromatic nitrogens is 1. The Labute approximate surface area is 87.2 Å². The van der Waals surface area contributed by atoms with E-state index in [1.54, 1.807) is 31.2 Å². The molecule has 0 unspecified atom stereocenters. The highest BCUT2D eigenvalue weighted by Crippen LogP contribution is 2.28. The number of aromatic amines is 1. The summed E-state index contributed by atoms with van der Waals surface area (Å²) >= 11 is 0. The maximum atomic E-state index is 13.4. The molecule has 1 N–H and O–H groups in total. The van der Waals surface area contributed by atoms with Crippen LogP contribution in [-0.4, -0.2) is 4.98 Å². The summed E-state index contributed by atoms with van der Waals surface area (Å²) in [5.41, 5.74) is 2.45. The predicted molar refractivity (Wildman–Crippen MR) is 57.2 cm³/mol. The van der Waals surface area contributed by atoms with Crippen LogP contribution in [0.2, 0.25) is 0 Å². The topological polar surface area (TPSA) is 20.1 Å². The molecule has 0 aliphatic heterocycles. The van der Waals surface area contributed by atoms with Gasteiger partial charge in [0.05, 0.1) is 6.57 Å². The van der Waals surface area contributed by atoms with Gasteiger partial charge in [0.15, 0.2) is 0 Å². The van der Waals surface area contributed by atoms with Crippen LogP contribution in [0.1, 0.15) is 5.69 Å². The molecule has 1 heterocycles. The summed E-state index contributed by atoms with van der Waals surface area (Å²) in [5.74, 6) is -0.282. The Morgan fingerprint density at radius 2 is 2.07 bits per heavy atom. The van der Waals surface area contributed by atoms with E-state index in [1.165, 1.54) is 6.07 Å². The van der Waals surface area contributed by atoms with Crippen molar-refractivity contribution >= 4 is 5.69 Å². The predicted octanol–water partition coefficient (Wildman–Crippen LogP) is 3.68. The van der Waals surface area contributed by atoms with Crippen molar-refractivity contribution < 1.29 is 4.39 Å². The molecule has 0 fully saturated rings. The molecule has 2 rings (SSSR count). The number of nitrogens with one attached hydrogen (secondary N) is 1. The Balaban J connectivity index is 2.56. The lowest BCUT2D eigenvalue weighted by Crippen LogP contribution is -1.83. The van der Waals surface area contributed by atoms with Crippen LogP contribution in [0.15, 0.2) is 30.3 Å². The van der Waals surface area contributed by atoms with Crippen molar-refractivity contribution in [3.63, 3.8) is 0 Å². The second kappa shape index (κ2) is 3.58. The van der Waals surface area contributed by atoms with Gasteiger partial charge < -0.3 is 4.98 Å². The van der Waals surface area contributed by atoms with E-state index in [9.17, 15) is 4.39 Å². The van der Waals surface area contributed by atoms with E-state index in [1.807, 2.05) is 0 Å². The van der Waals surface area contributed by atoms with Crippen molar-refractivity contribution in [2.45, 2.75) is 6.92 Å². The lowest BCUT2D eigenvalue weighted by molar-refractivity contribution is 0.631. The van der Waals surface area contributed by atoms with Crippen molar-refractivity contribution in [1.29, 1.82) is 0 Å². The van der Waals surface area contributed by atoms with Gasteiger partial charge in [0.25, 0.3) is 0 Å². The van der Waals surface area contributed by atoms with Gasteiger partial charge >= 0.3 is 0 Å². The smallest absolute Gasteiger partial charge is 0.207 e. The van der Waals surface area contributed by atoms with E-state index in [0.717, 1.165) is 5.69 Å². The molecule has 1 aromatic heterocycles. The van der Waals surface area contributed by atoms with Crippen LogP contribution in [0.3, 0.4) is 0 Å². The Morgan fingerprint density at radius 1 is 1.33 bits per heavy atom. The average Bonchev–Trinajstić information content (AvgIpc) is 2.60. The molecule has 15 heavy (non-hydrogen) atoms. The molecule has 0 aliphatic carbocycles. The highest BCUT2D eigenvalue weighted by Gasteiger charge is 2.08. The van der Waals surface area contributed by atoms with Gasteiger partial charge in [-0.2, -0.15) is 0 Å². The van der Waals surface area contributed by atoms with Crippen LogP contribution < -0.4 is 0 Å². The third-order valence-corrected chi connectivity index (χ3v) is 2.27. The molecule has 0 spiro atoms. The number of H-pyrrole nitrogens is 1. The number of rotatable bonds is 1. The number of hydrogen-bond acceptors (Lipinski definition) is 0. The first-order valence-electron chi connectivity index (χ1n) is 4.54. The lowest BCUT2D eigenvalue weighted by atomic mass is 10.1. The Morgan fingerprint density at radius 3 is 2.67 bits per heavy atom. The summed E-state index contributed by atoms with van der Waals surface area (Å²) in [6.07, 6.45) is 0. The van der Waals surface area contributed by atoms with Gasteiger partial charge in [0.2, 0.25) is 5.69 Å². The second-order valence-corrected chi connectivity index (χ2v) is 3.28. The van der Waals surface area contributed by atoms with Crippen LogP contribution in [0.5, 0.6) is 0 Å². The molecule has 0 bridgehead atoms. The molecule has 2 aromatic rings. The third-order valence-electron chi connectivity index (χ3n) is 2.27. The molecule has 0 saturated carbocycles. The minimum Gasteiger partial charge on any atom is -0.369 e. The second-order valence-electron chi connectivity index (χ2n) is 3.28. The molecule has 1 aromatic carbocycles. The van der Waals surface area contributed by atoms with Crippen molar-refractivity contribution in [2.75, 3.05) is 0 Å². The quantitative estimate of drug-likeness (QED) is 0.678. The van der Waals surface area contributed by atoms with Crippen LogP contribution >= 0.6 is 0 Å². The van der Waals surface area contributed by atoms with Gasteiger partial charge in [-0.25, -0.2) is 9.24 Å². The van der Waals surface area contributed by atoms with E-state index >= 15 is 0 Å². The molecule has 0 aliphatic rings. The zero-order chi connectivity index (χ0) is 10.8. The van der Waals surface area contributed by atoms with Crippen molar-refractivity contribution in [2.24, 2.45) is 0 Å². The fraction of sp³-hybridized carbons (Fsp3) is 0.0833. The van der Waals surface area contributed by atoms with E-state index < -0.39 is 0 Å². The van der Waals surface area contributed by atoms with E-state index in [2.05, 4.69) is 9.83 Å². The van der Waals surface area contributed by atoms with Gasteiger partial charge in [0, 0.05) is 17.0 Å². The zero-order valence-corrected chi connectivity index (χ0v) is 8.21. The molecule has 0 atom stereocenters. The number of benzene rings is 1. The minimum absolute atomic E-state index is 0.282. The molecule has 0 amide bonds. The summed E-state index contributed by atoms with van der Waals surface area (Å²) in [6.45, 7) is 8.73. The third kappa shape index (κ3) is 1.62. The first-order chi connectivity index (χ1) is 7.22. The highest BCUT2D eigenvalue weighted by molar-refractivity contribution is 5.68. The summed E-state index contributed by atoms with van der Waals surface area (Å²) in [7, 11) is 0. The molecule has 2 nitrogen and oxygen atoms in total. The lowest BCUT2D eigenvalue weighted by Gasteiger charge is -1.99. The average molecular weight is 200 g/mol. The van der Waals surface area contributed by atoms with Gasteiger partial charge in [-0.3, -0.25) is 0 Å². The summed E-state index contributed by atoms with van der Waals surface area (Å²) in [5, 5.41) is 0. The standard InChI is InChI=1S/C12H9FN2/c1-8-11(14-2)7-12(15-8)9-5-3-4-6-10(9)13/h3-7,15H,1H3. The molecule has 0 radical (unpaired) electrons. The van der Waals surface area contributed by atoms with E-state index in [4.69, 9.17) is 6.57 Å². The minimum atomic E-state index is -0.282. The fourth-order valence-electron chi connectivity index (χ4n) is 1.49. The van der Waals surface area contributed by atoms with Crippen LogP contribution in [0.4, 0.5) is 10.1 Å². The molecular weight excluding hydrogens is 191 g/mol. The monoisotopic (exact) mass is 200 g/mol. The van der Waals surface area contributed by atoms with Gasteiger partial charge in [-0.15, -0.1) is 0 Å². The summed E-state index contributed by atoms with van der Waals surface area (Å²) < 4.78 is 13.4. The summed E-state index contributed by atoms with van der Waals surface area (Å²) in [6, 6.07) is 8.18. The molecule has 3 heteroatoms. The number of hydrogen-bond donors (Lipinski definition) is 1. The van der Waals surface area contributed by atoms with Gasteiger partial charge in [0.1, 0.15) is 5.82 Å². The number of aryl methyl sites for hydroxylation is 1. The van der Waals surface area contributed by atoms with Gasteiger partial charge in [-0.1, -0.05) is 12.1 Å². The Bertz CT molecular complexity index is 535. The van der Waals surface area contributed by atoms with Crippen molar-refractivity contribution in [1.82, 2.24) is 4.98 Å². The van der Waals surface area contributed by atoms with Crippen LogP contribution in [-0.2, 0) is 0 Å². The van der Waals surface area contributed by atoms with Crippen molar-refractivity contribution in [3.8, 4) is 11.3 Å². The maximum Gasteiger partial charge on any atom is 0.207 e. The van der Waals surface area contributed by atoms with Crippen molar-refractivity contribution in [3.05, 3.63) is 53.3 Å². The normalized spacial score (nSPS) is 9.93. The SMILES string of the molecule is [C-]#[N+]c1cc(-c2ccccc2F)[nH]c1C. The van der Waals surface area contributed by atoms with Crippen LogP contribution in [0, 0.1) is 19.3 Å². The first kappa shape index (κ1) is 9.47. The molecule has 0 saturated heterocycles. The van der Waals surface area contributed by atoms with E-state index in [0.29, 0.717) is 16.9 Å². The number of nitrogens with zero attached hydrogens (tertiary/aromatic N) is 1. The van der Waals surface area contributed by atoms with Crippen LogP contribution in [0.25, 0.3) is 16.1 Å². The Hall–Kier alpha value is -2.08. The highest BCUT2D eigenvalue weighted by atomic mass is 19.1. The maximum absolute atomic E-state index is 13.4. The van der Waals surface area contributed by atoms with Gasteiger partial charge in [-0.05, 0) is 25.1 Å².